The Kier molecular flexibility index (Phi) is 3.16. The molecule has 3 aliphatic heterocycles. The quantitative estimate of drug-likeness (QED) is 0.680. The van der Waals surface area contributed by atoms with Crippen LogP contribution in [0.5, 0.6) is 0 Å². The van der Waals surface area contributed by atoms with Gasteiger partial charge < -0.3 is 10.2 Å². The molecule has 2 unspecified atom stereocenters. The molecule has 3 aliphatic rings. The Morgan fingerprint density at radius 1 is 0.857 bits per heavy atom. The second-order valence-corrected chi connectivity index (χ2v) is 7.79. The second kappa shape index (κ2) is 5.61. The van der Waals surface area contributed by atoms with Gasteiger partial charge in [0, 0.05) is 17.8 Å². The van der Waals surface area contributed by atoms with Gasteiger partial charge in [-0.2, -0.15) is 0 Å². The Hall–Kier alpha value is -3.27. The van der Waals surface area contributed by atoms with Crippen molar-refractivity contribution in [2.75, 3.05) is 21.7 Å². The molecule has 3 aromatic carbocycles. The molecule has 138 valence electrons. The van der Waals surface area contributed by atoms with Crippen LogP contribution in [0.25, 0.3) is 0 Å². The van der Waals surface area contributed by atoms with Crippen molar-refractivity contribution in [3.63, 3.8) is 0 Å². The maximum Gasteiger partial charge on any atom is 0.264 e. The van der Waals surface area contributed by atoms with Crippen LogP contribution in [-0.2, 0) is 10.3 Å². The third-order valence-electron chi connectivity index (χ3n) is 6.42. The zero-order chi connectivity index (χ0) is 18.7. The number of fused-ring (bicyclic) bond motifs is 6. The van der Waals surface area contributed by atoms with E-state index in [0.717, 1.165) is 42.0 Å². The SMILES string of the molecule is O=C1N(c2ccccc2)c2ccccc2C12Nc1ccccc1N1CCCC12. The van der Waals surface area contributed by atoms with Crippen molar-refractivity contribution in [3.8, 4) is 0 Å². The summed E-state index contributed by atoms with van der Waals surface area (Å²) >= 11 is 0. The Morgan fingerprint density at radius 2 is 1.57 bits per heavy atom. The van der Waals surface area contributed by atoms with E-state index in [4.69, 9.17) is 0 Å². The molecule has 28 heavy (non-hydrogen) atoms. The lowest BCUT2D eigenvalue weighted by Gasteiger charge is -2.46. The number of nitrogens with zero attached hydrogens (tertiary/aromatic N) is 2. The molecule has 1 N–H and O–H groups in total. The van der Waals surface area contributed by atoms with Crippen molar-refractivity contribution >= 4 is 28.7 Å². The van der Waals surface area contributed by atoms with E-state index in [9.17, 15) is 4.79 Å². The number of para-hydroxylation sites is 4. The molecule has 6 rings (SSSR count). The summed E-state index contributed by atoms with van der Waals surface area (Å²) in [5.41, 5.74) is 4.48. The van der Waals surface area contributed by atoms with Gasteiger partial charge in [0.05, 0.1) is 23.1 Å². The highest BCUT2D eigenvalue weighted by Crippen LogP contribution is 2.54. The molecule has 1 saturated heterocycles. The summed E-state index contributed by atoms with van der Waals surface area (Å²) in [6.07, 6.45) is 2.10. The molecule has 1 fully saturated rings. The molecule has 1 amide bonds. The Balaban J connectivity index is 1.60. The van der Waals surface area contributed by atoms with Gasteiger partial charge in [0.2, 0.25) is 0 Å². The molecule has 1 spiro atoms. The normalized spacial score (nSPS) is 24.7. The van der Waals surface area contributed by atoms with Crippen LogP contribution >= 0.6 is 0 Å². The molecule has 0 radical (unpaired) electrons. The maximum absolute atomic E-state index is 14.1. The van der Waals surface area contributed by atoms with Crippen LogP contribution in [-0.4, -0.2) is 18.5 Å². The minimum atomic E-state index is -0.753. The van der Waals surface area contributed by atoms with Gasteiger partial charge in [-0.3, -0.25) is 9.69 Å². The lowest BCUT2D eigenvalue weighted by Crippen LogP contribution is -2.60. The molecule has 4 nitrogen and oxygen atoms in total. The summed E-state index contributed by atoms with van der Waals surface area (Å²) in [6, 6.07) is 26.7. The number of benzene rings is 3. The van der Waals surface area contributed by atoms with Gasteiger partial charge in [-0.15, -0.1) is 0 Å². The molecule has 0 aromatic heterocycles. The molecular formula is C24H21N3O. The van der Waals surface area contributed by atoms with Gasteiger partial charge >= 0.3 is 0 Å². The number of nitrogens with one attached hydrogen (secondary N) is 1. The molecule has 4 heteroatoms. The average Bonchev–Trinajstić information content (AvgIpc) is 3.33. The second-order valence-electron chi connectivity index (χ2n) is 7.79. The highest BCUT2D eigenvalue weighted by atomic mass is 16.2. The van der Waals surface area contributed by atoms with Crippen LogP contribution in [0.1, 0.15) is 18.4 Å². The van der Waals surface area contributed by atoms with E-state index in [1.807, 2.05) is 53.4 Å². The molecule has 0 saturated carbocycles. The third-order valence-corrected chi connectivity index (χ3v) is 6.42. The zero-order valence-electron chi connectivity index (χ0n) is 15.5. The predicted molar refractivity (Wildman–Crippen MR) is 112 cm³/mol. The molecule has 2 atom stereocenters. The van der Waals surface area contributed by atoms with Crippen LogP contribution in [0.15, 0.2) is 78.9 Å². The van der Waals surface area contributed by atoms with Crippen molar-refractivity contribution in [2.24, 2.45) is 0 Å². The minimum Gasteiger partial charge on any atom is -0.364 e. The first kappa shape index (κ1) is 15.8. The lowest BCUT2D eigenvalue weighted by atomic mass is 9.80. The Labute approximate surface area is 164 Å². The minimum absolute atomic E-state index is 0.116. The van der Waals surface area contributed by atoms with E-state index in [2.05, 4.69) is 40.5 Å². The van der Waals surface area contributed by atoms with Crippen molar-refractivity contribution in [1.82, 2.24) is 0 Å². The summed E-state index contributed by atoms with van der Waals surface area (Å²) < 4.78 is 0. The number of hydrogen-bond donors (Lipinski definition) is 1. The predicted octanol–water partition coefficient (Wildman–Crippen LogP) is 4.65. The van der Waals surface area contributed by atoms with Gasteiger partial charge in [0.15, 0.2) is 5.54 Å². The fourth-order valence-corrected chi connectivity index (χ4v) is 5.31. The summed E-state index contributed by atoms with van der Waals surface area (Å²) in [5.74, 6) is 0.117. The van der Waals surface area contributed by atoms with E-state index in [1.165, 1.54) is 5.69 Å². The molecular weight excluding hydrogens is 346 g/mol. The molecule has 0 bridgehead atoms. The molecule has 3 aromatic rings. The van der Waals surface area contributed by atoms with Gasteiger partial charge in [0.1, 0.15) is 0 Å². The molecule has 3 heterocycles. The topological polar surface area (TPSA) is 35.6 Å². The van der Waals surface area contributed by atoms with Crippen LogP contribution in [0.4, 0.5) is 22.7 Å². The van der Waals surface area contributed by atoms with Gasteiger partial charge in [0.25, 0.3) is 5.91 Å². The van der Waals surface area contributed by atoms with Gasteiger partial charge in [-0.25, -0.2) is 0 Å². The summed E-state index contributed by atoms with van der Waals surface area (Å²) in [4.78, 5) is 18.5. The van der Waals surface area contributed by atoms with Gasteiger partial charge in [-0.1, -0.05) is 48.5 Å². The number of anilines is 4. The lowest BCUT2D eigenvalue weighted by molar-refractivity contribution is -0.122. The van der Waals surface area contributed by atoms with Crippen LogP contribution in [0, 0.1) is 0 Å². The maximum atomic E-state index is 14.1. The van der Waals surface area contributed by atoms with Crippen molar-refractivity contribution in [2.45, 2.75) is 24.4 Å². The summed E-state index contributed by atoms with van der Waals surface area (Å²) in [6.45, 7) is 0.992. The fourth-order valence-electron chi connectivity index (χ4n) is 5.31. The van der Waals surface area contributed by atoms with Crippen molar-refractivity contribution < 1.29 is 4.79 Å². The van der Waals surface area contributed by atoms with E-state index in [1.54, 1.807) is 0 Å². The first-order valence-electron chi connectivity index (χ1n) is 9.94. The summed E-state index contributed by atoms with van der Waals surface area (Å²) in [5, 5.41) is 3.72. The molecule has 0 aliphatic carbocycles. The highest BCUT2D eigenvalue weighted by Gasteiger charge is 2.60. The largest absolute Gasteiger partial charge is 0.364 e. The van der Waals surface area contributed by atoms with Crippen LogP contribution < -0.4 is 15.1 Å². The third kappa shape index (κ3) is 1.87. The number of carbonyl (C=O) groups excluding carboxylic acids is 1. The monoisotopic (exact) mass is 367 g/mol. The van der Waals surface area contributed by atoms with E-state index < -0.39 is 5.54 Å². The zero-order valence-corrected chi connectivity index (χ0v) is 15.5. The smallest absolute Gasteiger partial charge is 0.264 e. The van der Waals surface area contributed by atoms with Crippen molar-refractivity contribution in [3.05, 3.63) is 84.4 Å². The van der Waals surface area contributed by atoms with Crippen molar-refractivity contribution in [1.29, 1.82) is 0 Å². The first-order valence-corrected chi connectivity index (χ1v) is 9.94. The average molecular weight is 367 g/mol. The first-order chi connectivity index (χ1) is 13.8. The van der Waals surface area contributed by atoms with Crippen LogP contribution in [0.2, 0.25) is 0 Å². The number of carbonyl (C=O) groups is 1. The standard InChI is InChI=1S/C24H21N3O/c28-23-24(22-15-8-16-26(22)21-14-7-5-12-19(21)25-24)18-11-4-6-13-20(18)27(23)17-9-2-1-3-10-17/h1-7,9-14,22,25H,8,15-16H2. The van der Waals surface area contributed by atoms with E-state index in [-0.39, 0.29) is 11.9 Å². The van der Waals surface area contributed by atoms with Crippen LogP contribution in [0.3, 0.4) is 0 Å². The number of hydrogen-bond acceptors (Lipinski definition) is 3. The van der Waals surface area contributed by atoms with E-state index >= 15 is 0 Å². The fraction of sp³-hybridized carbons (Fsp3) is 0.208. The summed E-state index contributed by atoms with van der Waals surface area (Å²) in [7, 11) is 0. The Bertz CT molecular complexity index is 1080. The highest BCUT2D eigenvalue weighted by molar-refractivity contribution is 6.15. The number of rotatable bonds is 1. The van der Waals surface area contributed by atoms with Gasteiger partial charge in [-0.05, 0) is 43.2 Å². The number of amides is 1. The van der Waals surface area contributed by atoms with E-state index in [0.29, 0.717) is 0 Å². The Morgan fingerprint density at radius 3 is 2.43 bits per heavy atom.